The number of hydrogen-bond donors (Lipinski definition) is 1. The first kappa shape index (κ1) is 12.3. The molecule has 7 heteroatoms. The predicted octanol–water partition coefficient (Wildman–Crippen LogP) is 2.68. The van der Waals surface area contributed by atoms with Gasteiger partial charge in [0, 0.05) is 18.7 Å². The second-order valence-electron chi connectivity index (χ2n) is 2.87. The number of amides is 1. The van der Waals surface area contributed by atoms with Gasteiger partial charge in [-0.1, -0.05) is 0 Å². The van der Waals surface area contributed by atoms with E-state index >= 15 is 0 Å². The molecule has 88 valence electrons. The lowest BCUT2D eigenvalue weighted by molar-refractivity contribution is -0.275. The number of carbonyl (C=O) groups is 1. The molecule has 0 heterocycles. The molecule has 16 heavy (non-hydrogen) atoms. The molecule has 0 aliphatic carbocycles. The topological polar surface area (TPSA) is 38.3 Å². The molecule has 0 radical (unpaired) electrons. The van der Waals surface area contributed by atoms with E-state index in [1.165, 1.54) is 6.92 Å². The third-order valence-electron chi connectivity index (χ3n) is 1.48. The minimum Gasteiger partial charge on any atom is -0.403 e. The summed E-state index contributed by atoms with van der Waals surface area (Å²) in [6.45, 7) is 1.19. The molecule has 1 amide bonds. The van der Waals surface area contributed by atoms with Gasteiger partial charge in [0.2, 0.25) is 5.91 Å². The van der Waals surface area contributed by atoms with Crippen LogP contribution in [0.2, 0.25) is 0 Å². The Hall–Kier alpha value is -1.79. The lowest BCUT2D eigenvalue weighted by Gasteiger charge is -2.10. The molecule has 0 unspecified atom stereocenters. The number of alkyl halides is 3. The number of anilines is 1. The third kappa shape index (κ3) is 3.76. The van der Waals surface area contributed by atoms with Crippen molar-refractivity contribution >= 4 is 11.6 Å². The van der Waals surface area contributed by atoms with E-state index in [2.05, 4.69) is 10.1 Å². The van der Waals surface area contributed by atoms with Crippen molar-refractivity contribution in [1.82, 2.24) is 0 Å². The molecule has 0 atom stereocenters. The Balaban J connectivity index is 2.87. The molecule has 0 saturated heterocycles. The van der Waals surface area contributed by atoms with Crippen LogP contribution in [0.15, 0.2) is 18.2 Å². The largest absolute Gasteiger partial charge is 0.573 e. The van der Waals surface area contributed by atoms with Gasteiger partial charge in [0.25, 0.3) is 0 Å². The average molecular weight is 237 g/mol. The maximum atomic E-state index is 13.1. The zero-order valence-corrected chi connectivity index (χ0v) is 8.06. The highest BCUT2D eigenvalue weighted by Gasteiger charge is 2.32. The van der Waals surface area contributed by atoms with Crippen molar-refractivity contribution in [1.29, 1.82) is 0 Å². The van der Waals surface area contributed by atoms with Gasteiger partial charge >= 0.3 is 6.36 Å². The van der Waals surface area contributed by atoms with Crippen LogP contribution >= 0.6 is 0 Å². The standard InChI is InChI=1S/C9H7F4NO2/c1-5(15)14-6-2-3-8(7(10)4-6)16-9(11,12)13/h2-4H,1H3,(H,14,15). The highest BCUT2D eigenvalue weighted by molar-refractivity contribution is 5.88. The van der Waals surface area contributed by atoms with Gasteiger partial charge in [-0.2, -0.15) is 0 Å². The van der Waals surface area contributed by atoms with Crippen molar-refractivity contribution in [2.45, 2.75) is 13.3 Å². The summed E-state index contributed by atoms with van der Waals surface area (Å²) in [6, 6.07) is 2.63. The van der Waals surface area contributed by atoms with Gasteiger partial charge in [0.15, 0.2) is 11.6 Å². The van der Waals surface area contributed by atoms with Gasteiger partial charge in [0.05, 0.1) is 0 Å². The molecule has 1 aromatic rings. The molecule has 0 aromatic heterocycles. The Morgan fingerprint density at radius 1 is 1.38 bits per heavy atom. The van der Waals surface area contributed by atoms with Gasteiger partial charge in [-0.25, -0.2) is 4.39 Å². The summed E-state index contributed by atoms with van der Waals surface area (Å²) >= 11 is 0. The van der Waals surface area contributed by atoms with Crippen molar-refractivity contribution in [2.75, 3.05) is 5.32 Å². The molecule has 0 bridgehead atoms. The molecule has 0 spiro atoms. The van der Waals surface area contributed by atoms with Gasteiger partial charge in [-0.05, 0) is 12.1 Å². The van der Waals surface area contributed by atoms with Crippen LogP contribution in [0.5, 0.6) is 5.75 Å². The highest BCUT2D eigenvalue weighted by Crippen LogP contribution is 2.27. The van der Waals surface area contributed by atoms with E-state index in [9.17, 15) is 22.4 Å². The average Bonchev–Trinajstić information content (AvgIpc) is 2.06. The van der Waals surface area contributed by atoms with E-state index in [1.54, 1.807) is 0 Å². The maximum Gasteiger partial charge on any atom is 0.573 e. The quantitative estimate of drug-likeness (QED) is 0.803. The van der Waals surface area contributed by atoms with Crippen LogP contribution in [-0.2, 0) is 4.79 Å². The number of ether oxygens (including phenoxy) is 1. The monoisotopic (exact) mass is 237 g/mol. The van der Waals surface area contributed by atoms with Crippen LogP contribution in [0, 0.1) is 5.82 Å². The number of hydrogen-bond acceptors (Lipinski definition) is 2. The first-order valence-corrected chi connectivity index (χ1v) is 4.11. The first-order chi connectivity index (χ1) is 7.28. The minimum atomic E-state index is -4.95. The van der Waals surface area contributed by atoms with Crippen LogP contribution in [-0.4, -0.2) is 12.3 Å². The van der Waals surface area contributed by atoms with E-state index in [0.717, 1.165) is 18.2 Å². The number of nitrogens with one attached hydrogen (secondary N) is 1. The lowest BCUT2D eigenvalue weighted by atomic mass is 10.3. The second kappa shape index (κ2) is 4.38. The van der Waals surface area contributed by atoms with Crippen molar-refractivity contribution < 1.29 is 27.1 Å². The van der Waals surface area contributed by atoms with Gasteiger partial charge < -0.3 is 10.1 Å². The first-order valence-electron chi connectivity index (χ1n) is 4.11. The summed E-state index contributed by atoms with van der Waals surface area (Å²) in [5, 5.41) is 2.22. The molecule has 0 fully saturated rings. The highest BCUT2D eigenvalue weighted by atomic mass is 19.4. The summed E-state index contributed by atoms with van der Waals surface area (Å²) in [5.74, 6) is -2.60. The summed E-state index contributed by atoms with van der Waals surface area (Å²) in [6.07, 6.45) is -4.95. The van der Waals surface area contributed by atoms with E-state index < -0.39 is 23.8 Å². The molecule has 1 rings (SSSR count). The molecule has 0 aliphatic rings. The third-order valence-corrected chi connectivity index (χ3v) is 1.48. The molecule has 1 N–H and O–H groups in total. The normalized spacial score (nSPS) is 11.1. The summed E-state index contributed by atoms with van der Waals surface area (Å²) < 4.78 is 51.8. The Bertz CT molecular complexity index is 403. The van der Waals surface area contributed by atoms with Crippen LogP contribution in [0.1, 0.15) is 6.92 Å². The van der Waals surface area contributed by atoms with Gasteiger partial charge in [-0.15, -0.1) is 13.2 Å². The van der Waals surface area contributed by atoms with Crippen molar-refractivity contribution in [3.05, 3.63) is 24.0 Å². The number of carbonyl (C=O) groups excluding carboxylic acids is 1. The van der Waals surface area contributed by atoms with E-state index in [0.29, 0.717) is 0 Å². The summed E-state index contributed by atoms with van der Waals surface area (Å²) in [7, 11) is 0. The van der Waals surface area contributed by atoms with Crippen molar-refractivity contribution in [3.8, 4) is 5.75 Å². The van der Waals surface area contributed by atoms with Crippen LogP contribution < -0.4 is 10.1 Å². The molecule has 0 saturated carbocycles. The molecule has 1 aromatic carbocycles. The molecule has 0 aliphatic heterocycles. The fourth-order valence-electron chi connectivity index (χ4n) is 0.989. The summed E-state index contributed by atoms with van der Waals surface area (Å²) in [4.78, 5) is 10.6. The Morgan fingerprint density at radius 2 is 2.00 bits per heavy atom. The smallest absolute Gasteiger partial charge is 0.403 e. The van der Waals surface area contributed by atoms with Crippen LogP contribution in [0.4, 0.5) is 23.2 Å². The number of halogens is 4. The zero-order chi connectivity index (χ0) is 12.3. The fraction of sp³-hybridized carbons (Fsp3) is 0.222. The maximum absolute atomic E-state index is 13.1. The second-order valence-corrected chi connectivity index (χ2v) is 2.87. The number of rotatable bonds is 2. The SMILES string of the molecule is CC(=O)Nc1ccc(OC(F)(F)F)c(F)c1. The summed E-state index contributed by atoms with van der Waals surface area (Å²) in [5.41, 5.74) is 0.0551. The Labute approximate surface area is 88.0 Å². The molecule has 3 nitrogen and oxygen atoms in total. The van der Waals surface area contributed by atoms with Crippen molar-refractivity contribution in [2.24, 2.45) is 0 Å². The van der Waals surface area contributed by atoms with Crippen molar-refractivity contribution in [3.63, 3.8) is 0 Å². The Kier molecular flexibility index (Phi) is 3.36. The Morgan fingerprint density at radius 3 is 2.44 bits per heavy atom. The zero-order valence-electron chi connectivity index (χ0n) is 8.06. The van der Waals surface area contributed by atoms with E-state index in [-0.39, 0.29) is 5.69 Å². The molecular formula is C9H7F4NO2. The van der Waals surface area contributed by atoms with E-state index in [1.807, 2.05) is 0 Å². The fourth-order valence-corrected chi connectivity index (χ4v) is 0.989. The lowest BCUT2D eigenvalue weighted by Crippen LogP contribution is -2.18. The van der Waals surface area contributed by atoms with Crippen LogP contribution in [0.25, 0.3) is 0 Å². The molecular weight excluding hydrogens is 230 g/mol. The van der Waals surface area contributed by atoms with Crippen LogP contribution in [0.3, 0.4) is 0 Å². The van der Waals surface area contributed by atoms with E-state index in [4.69, 9.17) is 0 Å². The number of benzene rings is 1. The van der Waals surface area contributed by atoms with Gasteiger partial charge in [-0.3, -0.25) is 4.79 Å². The minimum absolute atomic E-state index is 0.0551. The van der Waals surface area contributed by atoms with Gasteiger partial charge in [0.1, 0.15) is 0 Å². The predicted molar refractivity (Wildman–Crippen MR) is 47.4 cm³/mol.